The van der Waals surface area contributed by atoms with E-state index in [1.165, 1.54) is 11.1 Å². The molecule has 14 nitrogen and oxygen atoms in total. The fraction of sp³-hybridized carbons (Fsp3) is 0.727. The number of benzene rings is 2. The van der Waals surface area contributed by atoms with E-state index in [1.54, 1.807) is 6.92 Å². The van der Waals surface area contributed by atoms with Crippen LogP contribution in [0.15, 0.2) is 70.9 Å². The van der Waals surface area contributed by atoms with Crippen LogP contribution in [0.5, 0.6) is 0 Å². The van der Waals surface area contributed by atoms with E-state index in [9.17, 15) is 5.11 Å². The second-order valence-corrected chi connectivity index (χ2v) is 29.8. The van der Waals surface area contributed by atoms with Crippen LogP contribution in [0.4, 0.5) is 0 Å². The second-order valence-electron chi connectivity index (χ2n) is 17.7. The quantitative estimate of drug-likeness (QED) is 0.0166. The standard InChI is InChI=1S/C22H39N3O4Si.C16H25N3O4.C6H15ClSi/c1-19(27-15-11-10-14-26-17-20-12-8-7-9-13-20)28-18-21(16-24-25-23)29-30(5,6)22(2,3)4;1-14(23-13-16(20)11-18-19-17)22-10-6-5-9-21-12-15-7-3-2-4-8-15;1-6(2,3)8(4,5)7/h7-9,12-13,19,21H,10-11,14-18H2,1-6H3;2-4,7-8,14,16,20H,5-6,9-13H2,1H3;1-5H3. The van der Waals surface area contributed by atoms with Crippen molar-refractivity contribution in [2.45, 2.75) is 155 Å². The summed E-state index contributed by atoms with van der Waals surface area (Å²) < 4.78 is 39.9. The first-order valence-electron chi connectivity index (χ1n) is 21.4. The summed E-state index contributed by atoms with van der Waals surface area (Å²) in [4.78, 5) is 5.43. The average Bonchev–Trinajstić information content (AvgIpc) is 3.19. The first kappa shape index (κ1) is 58.5. The number of ether oxygens (including phenoxy) is 6. The van der Waals surface area contributed by atoms with Crippen LogP contribution in [0.2, 0.25) is 36.3 Å². The molecule has 4 unspecified atom stereocenters. The van der Waals surface area contributed by atoms with Crippen LogP contribution >= 0.6 is 11.1 Å². The predicted molar refractivity (Wildman–Crippen MR) is 253 cm³/mol. The maximum Gasteiger partial charge on any atom is 0.192 e. The van der Waals surface area contributed by atoms with Crippen LogP contribution in [0, 0.1) is 0 Å². The number of azide groups is 2. The zero-order valence-corrected chi connectivity index (χ0v) is 42.1. The van der Waals surface area contributed by atoms with E-state index in [4.69, 9.17) is 55.0 Å². The highest BCUT2D eigenvalue weighted by atomic mass is 35.6. The lowest BCUT2D eigenvalue weighted by molar-refractivity contribution is -0.146. The topological polar surface area (TPSA) is 182 Å². The summed E-state index contributed by atoms with van der Waals surface area (Å²) >= 11 is 6.15. The van der Waals surface area contributed by atoms with Crippen molar-refractivity contribution < 1.29 is 38.0 Å². The molecule has 0 aliphatic rings. The van der Waals surface area contributed by atoms with Gasteiger partial charge in [-0.1, -0.05) is 126 Å². The van der Waals surface area contributed by atoms with Crippen LogP contribution in [-0.2, 0) is 46.1 Å². The van der Waals surface area contributed by atoms with E-state index in [2.05, 4.69) is 99.9 Å². The molecule has 0 amide bonds. The Balaban J connectivity index is 0.00000102. The zero-order valence-electron chi connectivity index (χ0n) is 39.3. The minimum Gasteiger partial charge on any atom is -0.411 e. The maximum absolute atomic E-state index is 9.43. The van der Waals surface area contributed by atoms with Crippen molar-refractivity contribution in [3.05, 3.63) is 92.7 Å². The number of nitrogens with zero attached hydrogens (tertiary/aromatic N) is 6. The van der Waals surface area contributed by atoms with Crippen molar-refractivity contribution in [3.63, 3.8) is 0 Å². The van der Waals surface area contributed by atoms with E-state index < -0.39 is 28.1 Å². The van der Waals surface area contributed by atoms with Crippen molar-refractivity contribution in [1.29, 1.82) is 0 Å². The van der Waals surface area contributed by atoms with Gasteiger partial charge in [0.1, 0.15) is 0 Å². The van der Waals surface area contributed by atoms with Gasteiger partial charge in [0, 0.05) is 36.3 Å². The molecule has 0 bridgehead atoms. The van der Waals surface area contributed by atoms with Gasteiger partial charge in [0.15, 0.2) is 28.3 Å². The largest absolute Gasteiger partial charge is 0.411 e. The minimum absolute atomic E-state index is 0.00196. The Kier molecular flexibility index (Phi) is 31.7. The third-order valence-corrected chi connectivity index (χ3v) is 19.9. The number of halogens is 1. The molecule has 0 fully saturated rings. The maximum atomic E-state index is 9.43. The van der Waals surface area contributed by atoms with Crippen LogP contribution in [0.3, 0.4) is 0 Å². The summed E-state index contributed by atoms with van der Waals surface area (Å²) in [6, 6.07) is 20.2. The molecule has 2 aromatic carbocycles. The monoisotopic (exact) mass is 911 g/mol. The summed E-state index contributed by atoms with van der Waals surface area (Å²) in [5.74, 6) is 0. The van der Waals surface area contributed by atoms with Crippen LogP contribution in [0.1, 0.15) is 92.2 Å². The number of rotatable bonds is 28. The molecular formula is C44H79ClN6O8Si2. The molecule has 2 aromatic rings. The Morgan fingerprint density at radius 2 is 1.02 bits per heavy atom. The Morgan fingerprint density at radius 3 is 1.41 bits per heavy atom. The summed E-state index contributed by atoms with van der Waals surface area (Å²) in [7, 11) is -3.36. The molecule has 2 rings (SSSR count). The van der Waals surface area contributed by atoms with Gasteiger partial charge in [0.05, 0.1) is 51.7 Å². The Morgan fingerprint density at radius 1 is 0.623 bits per heavy atom. The van der Waals surface area contributed by atoms with Gasteiger partial charge in [-0.3, -0.25) is 0 Å². The van der Waals surface area contributed by atoms with Gasteiger partial charge >= 0.3 is 0 Å². The number of unbranched alkanes of at least 4 members (excludes halogenated alkanes) is 2. The first-order valence-corrected chi connectivity index (χ1v) is 28.3. The molecule has 0 aliphatic carbocycles. The molecule has 0 radical (unpaired) electrons. The van der Waals surface area contributed by atoms with E-state index in [-0.39, 0.29) is 37.1 Å². The van der Waals surface area contributed by atoms with Crippen LogP contribution in [-0.4, -0.2) is 98.3 Å². The molecule has 61 heavy (non-hydrogen) atoms. The lowest BCUT2D eigenvalue weighted by Crippen LogP contribution is -2.46. The van der Waals surface area contributed by atoms with Gasteiger partial charge in [-0.15, -0.1) is 0 Å². The highest BCUT2D eigenvalue weighted by Gasteiger charge is 2.39. The minimum atomic E-state index is -1.98. The second kappa shape index (κ2) is 33.0. The van der Waals surface area contributed by atoms with Gasteiger partial charge in [0.25, 0.3) is 0 Å². The van der Waals surface area contributed by atoms with E-state index in [0.717, 1.165) is 25.7 Å². The molecule has 0 aromatic heterocycles. The molecular weight excluding hydrogens is 832 g/mol. The molecule has 4 atom stereocenters. The fourth-order valence-corrected chi connectivity index (χ4v) is 5.58. The number of hydrogen-bond acceptors (Lipinski definition) is 10. The zero-order chi connectivity index (χ0) is 46.2. The first-order chi connectivity index (χ1) is 28.6. The lowest BCUT2D eigenvalue weighted by Gasteiger charge is -2.39. The summed E-state index contributed by atoms with van der Waals surface area (Å²) in [5, 5.41) is 16.8. The molecule has 0 saturated heterocycles. The molecule has 1 N–H and O–H groups in total. The molecule has 0 heterocycles. The van der Waals surface area contributed by atoms with Crippen molar-refractivity contribution in [2.75, 3.05) is 52.7 Å². The lowest BCUT2D eigenvalue weighted by atomic mass is 10.2. The Bertz CT molecular complexity index is 1460. The predicted octanol–water partition coefficient (Wildman–Crippen LogP) is 12.3. The fourth-order valence-electron chi connectivity index (χ4n) is 4.25. The van der Waals surface area contributed by atoms with Crippen LogP contribution in [0.25, 0.3) is 20.9 Å². The summed E-state index contributed by atoms with van der Waals surface area (Å²) in [6.45, 7) is 30.0. The molecule has 0 aliphatic heterocycles. The van der Waals surface area contributed by atoms with Gasteiger partial charge < -0.3 is 38.0 Å². The highest BCUT2D eigenvalue weighted by Crippen LogP contribution is 2.38. The molecule has 348 valence electrons. The average molecular weight is 912 g/mol. The van der Waals surface area contributed by atoms with Gasteiger partial charge in [-0.2, -0.15) is 11.1 Å². The Labute approximate surface area is 374 Å². The van der Waals surface area contributed by atoms with E-state index in [1.807, 2.05) is 55.5 Å². The smallest absolute Gasteiger partial charge is 0.192 e. The number of hydrogen-bond donors (Lipinski definition) is 1. The van der Waals surface area contributed by atoms with Crippen LogP contribution < -0.4 is 0 Å². The molecule has 0 spiro atoms. The van der Waals surface area contributed by atoms with E-state index >= 15 is 0 Å². The van der Waals surface area contributed by atoms with Crippen molar-refractivity contribution in [3.8, 4) is 0 Å². The molecule has 17 heteroatoms. The third-order valence-electron chi connectivity index (χ3n) is 10.1. The number of aliphatic hydroxyl groups excluding tert-OH is 1. The van der Waals surface area contributed by atoms with Gasteiger partial charge in [-0.05, 0) is 84.9 Å². The van der Waals surface area contributed by atoms with Crippen molar-refractivity contribution >= 4 is 26.8 Å². The van der Waals surface area contributed by atoms with E-state index in [0.29, 0.717) is 51.3 Å². The highest BCUT2D eigenvalue weighted by molar-refractivity contribution is 7.20. The summed E-state index contributed by atoms with van der Waals surface area (Å²) in [5.41, 5.74) is 19.1. The normalized spacial score (nSPS) is 13.9. The summed E-state index contributed by atoms with van der Waals surface area (Å²) in [6.07, 6.45) is 1.83. The number of aliphatic hydroxyl groups is 1. The van der Waals surface area contributed by atoms with Gasteiger partial charge in [-0.25, -0.2) is 0 Å². The van der Waals surface area contributed by atoms with Crippen molar-refractivity contribution in [1.82, 2.24) is 0 Å². The Hall–Kier alpha value is -2.54. The molecule has 0 saturated carbocycles. The van der Waals surface area contributed by atoms with Gasteiger partial charge in [0.2, 0.25) is 0 Å². The van der Waals surface area contributed by atoms with Crippen molar-refractivity contribution in [2.24, 2.45) is 10.2 Å². The SMILES string of the molecule is CC(C)(C)[Si](C)(C)Cl.CC(OCCCCOCc1ccccc1)OCC(CN=[N+]=[N-])O[Si](C)(C)C(C)(C)C.CC(OCCCCOCc1ccccc1)OCC(O)CN=[N+]=[N-]. The third kappa shape index (κ3) is 31.9.